The van der Waals surface area contributed by atoms with E-state index in [1.54, 1.807) is 33.1 Å². The van der Waals surface area contributed by atoms with Crippen LogP contribution >= 0.6 is 23.2 Å². The fourth-order valence-corrected chi connectivity index (χ4v) is 2.26. The van der Waals surface area contributed by atoms with Gasteiger partial charge in [0, 0.05) is 13.1 Å². The van der Waals surface area contributed by atoms with Crippen molar-refractivity contribution in [1.82, 2.24) is 4.90 Å². The molecule has 0 heterocycles. The van der Waals surface area contributed by atoms with Gasteiger partial charge in [-0.15, -0.1) is 11.6 Å². The highest BCUT2D eigenvalue weighted by atomic mass is 35.5. The second-order valence-electron chi connectivity index (χ2n) is 5.16. The van der Waals surface area contributed by atoms with Crippen LogP contribution in [0.4, 0.5) is 0 Å². The molecule has 0 aliphatic carbocycles. The molecule has 1 amide bonds. The predicted octanol–water partition coefficient (Wildman–Crippen LogP) is 2.69. The second kappa shape index (κ2) is 7.16. The van der Waals surface area contributed by atoms with Crippen LogP contribution in [0.3, 0.4) is 0 Å². The van der Waals surface area contributed by atoms with Gasteiger partial charge in [-0.1, -0.05) is 17.7 Å². The largest absolute Gasteiger partial charge is 0.495 e. The Kier molecular flexibility index (Phi) is 6.11. The SMILES string of the molecule is COc1ccc(CN(CC(C)(C)O)C(=O)CCl)cc1Cl. The van der Waals surface area contributed by atoms with Crippen molar-refractivity contribution in [3.63, 3.8) is 0 Å². The number of rotatable bonds is 6. The van der Waals surface area contributed by atoms with E-state index in [2.05, 4.69) is 0 Å². The lowest BCUT2D eigenvalue weighted by Crippen LogP contribution is -2.42. The first kappa shape index (κ1) is 17.1. The van der Waals surface area contributed by atoms with Gasteiger partial charge in [0.15, 0.2) is 0 Å². The highest BCUT2D eigenvalue weighted by Gasteiger charge is 2.22. The van der Waals surface area contributed by atoms with Crippen molar-refractivity contribution in [3.05, 3.63) is 28.8 Å². The minimum Gasteiger partial charge on any atom is -0.495 e. The number of hydrogen-bond donors (Lipinski definition) is 1. The van der Waals surface area contributed by atoms with E-state index in [9.17, 15) is 9.90 Å². The summed E-state index contributed by atoms with van der Waals surface area (Å²) < 4.78 is 5.08. The standard InChI is InChI=1S/C14H19Cl2NO3/c1-14(2,19)9-17(13(18)7-15)8-10-4-5-12(20-3)11(16)6-10/h4-6,19H,7-9H2,1-3H3. The molecule has 0 spiro atoms. The number of aliphatic hydroxyl groups is 1. The Morgan fingerprint density at radius 3 is 2.55 bits per heavy atom. The molecule has 0 aliphatic rings. The van der Waals surface area contributed by atoms with Crippen LogP contribution in [-0.2, 0) is 11.3 Å². The van der Waals surface area contributed by atoms with Crippen molar-refractivity contribution in [3.8, 4) is 5.75 Å². The normalized spacial score (nSPS) is 11.3. The third kappa shape index (κ3) is 5.19. The third-order valence-electron chi connectivity index (χ3n) is 2.63. The van der Waals surface area contributed by atoms with Gasteiger partial charge in [-0.25, -0.2) is 0 Å². The van der Waals surface area contributed by atoms with Crippen LogP contribution in [0.25, 0.3) is 0 Å². The van der Waals surface area contributed by atoms with Crippen LogP contribution in [0.1, 0.15) is 19.4 Å². The Hall–Kier alpha value is -0.970. The van der Waals surface area contributed by atoms with E-state index in [1.807, 2.05) is 6.07 Å². The number of halogens is 2. The topological polar surface area (TPSA) is 49.8 Å². The molecule has 0 unspecified atom stereocenters. The Balaban J connectivity index is 2.89. The zero-order valence-corrected chi connectivity index (χ0v) is 13.3. The van der Waals surface area contributed by atoms with Gasteiger partial charge >= 0.3 is 0 Å². The van der Waals surface area contributed by atoms with E-state index in [4.69, 9.17) is 27.9 Å². The summed E-state index contributed by atoms with van der Waals surface area (Å²) in [6, 6.07) is 5.30. The number of carbonyl (C=O) groups excluding carboxylic acids is 1. The minimum absolute atomic E-state index is 0.125. The third-order valence-corrected chi connectivity index (χ3v) is 3.16. The summed E-state index contributed by atoms with van der Waals surface area (Å²) in [6.07, 6.45) is 0. The monoisotopic (exact) mass is 319 g/mol. The molecular weight excluding hydrogens is 301 g/mol. The number of ether oxygens (including phenoxy) is 1. The van der Waals surface area contributed by atoms with Crippen molar-refractivity contribution in [2.75, 3.05) is 19.5 Å². The average Bonchev–Trinajstić information content (AvgIpc) is 2.35. The van der Waals surface area contributed by atoms with Crippen LogP contribution < -0.4 is 4.74 Å². The van der Waals surface area contributed by atoms with Crippen LogP contribution in [-0.4, -0.2) is 41.0 Å². The van der Waals surface area contributed by atoms with E-state index in [0.29, 0.717) is 17.3 Å². The molecule has 1 rings (SSSR count). The van der Waals surface area contributed by atoms with Gasteiger partial charge in [-0.2, -0.15) is 0 Å². The Morgan fingerprint density at radius 1 is 1.45 bits per heavy atom. The molecule has 1 N–H and O–H groups in total. The van der Waals surface area contributed by atoms with Crippen molar-refractivity contribution >= 4 is 29.1 Å². The quantitative estimate of drug-likeness (QED) is 0.820. The van der Waals surface area contributed by atoms with Crippen LogP contribution in [0, 0.1) is 0 Å². The van der Waals surface area contributed by atoms with Crippen molar-refractivity contribution in [2.24, 2.45) is 0 Å². The molecule has 112 valence electrons. The van der Waals surface area contributed by atoms with E-state index in [0.717, 1.165) is 5.56 Å². The first-order valence-corrected chi connectivity index (χ1v) is 7.06. The molecule has 0 saturated carbocycles. The Morgan fingerprint density at radius 2 is 2.10 bits per heavy atom. The van der Waals surface area contributed by atoms with Gasteiger partial charge in [0.1, 0.15) is 11.6 Å². The van der Waals surface area contributed by atoms with E-state index in [-0.39, 0.29) is 18.3 Å². The van der Waals surface area contributed by atoms with Crippen molar-refractivity contribution < 1.29 is 14.6 Å². The number of carbonyl (C=O) groups is 1. The molecular formula is C14H19Cl2NO3. The summed E-state index contributed by atoms with van der Waals surface area (Å²) >= 11 is 11.7. The summed E-state index contributed by atoms with van der Waals surface area (Å²) in [5, 5.41) is 10.3. The minimum atomic E-state index is -0.988. The fraction of sp³-hybridized carbons (Fsp3) is 0.500. The highest BCUT2D eigenvalue weighted by molar-refractivity contribution is 6.32. The van der Waals surface area contributed by atoms with Gasteiger partial charge in [0.05, 0.1) is 17.7 Å². The van der Waals surface area contributed by atoms with Crippen molar-refractivity contribution in [1.29, 1.82) is 0 Å². The van der Waals surface area contributed by atoms with Gasteiger partial charge < -0.3 is 14.7 Å². The summed E-state index contributed by atoms with van der Waals surface area (Å²) in [5.41, 5.74) is -0.142. The molecule has 0 aromatic heterocycles. The first-order valence-electron chi connectivity index (χ1n) is 6.15. The maximum atomic E-state index is 11.8. The summed E-state index contributed by atoms with van der Waals surface area (Å²) in [5.74, 6) is 0.217. The maximum absolute atomic E-state index is 11.8. The Bertz CT molecular complexity index is 472. The van der Waals surface area contributed by atoms with Crippen LogP contribution in [0.5, 0.6) is 5.75 Å². The van der Waals surface area contributed by atoms with E-state index in [1.165, 1.54) is 4.90 Å². The van der Waals surface area contributed by atoms with Crippen LogP contribution in [0.2, 0.25) is 5.02 Å². The number of methoxy groups -OCH3 is 1. The summed E-state index contributed by atoms with van der Waals surface area (Å²) in [6.45, 7) is 3.81. The molecule has 0 aliphatic heterocycles. The predicted molar refractivity (Wildman–Crippen MR) is 80.4 cm³/mol. The number of hydrogen-bond acceptors (Lipinski definition) is 3. The summed E-state index contributed by atoms with van der Waals surface area (Å²) in [7, 11) is 1.54. The molecule has 20 heavy (non-hydrogen) atoms. The van der Waals surface area contributed by atoms with Crippen LogP contribution in [0.15, 0.2) is 18.2 Å². The lowest BCUT2D eigenvalue weighted by Gasteiger charge is -2.29. The van der Waals surface area contributed by atoms with E-state index < -0.39 is 5.60 Å². The number of nitrogens with zero attached hydrogens (tertiary/aromatic N) is 1. The average molecular weight is 320 g/mol. The lowest BCUT2D eigenvalue weighted by molar-refractivity contribution is -0.132. The molecule has 0 atom stereocenters. The Labute approximate surface area is 129 Å². The fourth-order valence-electron chi connectivity index (χ4n) is 1.81. The summed E-state index contributed by atoms with van der Waals surface area (Å²) in [4.78, 5) is 13.3. The number of amides is 1. The van der Waals surface area contributed by atoms with Gasteiger partial charge in [0.2, 0.25) is 5.91 Å². The molecule has 6 heteroatoms. The number of alkyl halides is 1. The molecule has 0 fully saturated rings. The molecule has 0 bridgehead atoms. The number of benzene rings is 1. The molecule has 0 radical (unpaired) electrons. The zero-order chi connectivity index (χ0) is 15.3. The van der Waals surface area contributed by atoms with Gasteiger partial charge in [-0.05, 0) is 31.5 Å². The van der Waals surface area contributed by atoms with Gasteiger partial charge in [0.25, 0.3) is 0 Å². The van der Waals surface area contributed by atoms with Gasteiger partial charge in [-0.3, -0.25) is 4.79 Å². The molecule has 1 aromatic rings. The van der Waals surface area contributed by atoms with E-state index >= 15 is 0 Å². The highest BCUT2D eigenvalue weighted by Crippen LogP contribution is 2.25. The van der Waals surface area contributed by atoms with Crippen molar-refractivity contribution in [2.45, 2.75) is 26.0 Å². The molecule has 0 saturated heterocycles. The zero-order valence-electron chi connectivity index (χ0n) is 11.8. The first-order chi connectivity index (χ1) is 9.26. The smallest absolute Gasteiger partial charge is 0.237 e. The second-order valence-corrected chi connectivity index (χ2v) is 5.84. The molecule has 1 aromatic carbocycles. The lowest BCUT2D eigenvalue weighted by atomic mass is 10.1. The molecule has 4 nitrogen and oxygen atoms in total. The maximum Gasteiger partial charge on any atom is 0.237 e.